The average molecular weight is 287 g/mol. The van der Waals surface area contributed by atoms with Crippen molar-refractivity contribution in [3.05, 3.63) is 35.9 Å². The van der Waals surface area contributed by atoms with Crippen molar-refractivity contribution in [1.82, 2.24) is 15.5 Å². The molecular weight excluding hydrogens is 266 g/mol. The van der Waals surface area contributed by atoms with E-state index < -0.39 is 0 Å². The smallest absolute Gasteiger partial charge is 0.225 e. The lowest BCUT2D eigenvalue weighted by atomic mass is 10.1. The third kappa shape index (κ3) is 3.61. The molecule has 2 aliphatic heterocycles. The summed E-state index contributed by atoms with van der Waals surface area (Å²) < 4.78 is 0. The maximum absolute atomic E-state index is 12.1. The summed E-state index contributed by atoms with van der Waals surface area (Å²) in [5.41, 5.74) is 1.30. The number of nitrogens with zero attached hydrogens (tertiary/aromatic N) is 1. The molecule has 2 amide bonds. The summed E-state index contributed by atoms with van der Waals surface area (Å²) in [5, 5.41) is 5.79. The Hall–Kier alpha value is -1.88. The van der Waals surface area contributed by atoms with Gasteiger partial charge in [-0.3, -0.25) is 14.5 Å². The van der Waals surface area contributed by atoms with Crippen molar-refractivity contribution in [2.45, 2.75) is 25.4 Å². The molecule has 2 atom stereocenters. The van der Waals surface area contributed by atoms with Crippen molar-refractivity contribution in [2.24, 2.45) is 5.92 Å². The van der Waals surface area contributed by atoms with Crippen LogP contribution in [0, 0.1) is 5.92 Å². The Morgan fingerprint density at radius 3 is 2.86 bits per heavy atom. The van der Waals surface area contributed by atoms with E-state index in [4.69, 9.17) is 0 Å². The van der Waals surface area contributed by atoms with Crippen LogP contribution in [0.25, 0.3) is 0 Å². The van der Waals surface area contributed by atoms with Gasteiger partial charge >= 0.3 is 0 Å². The standard InChI is InChI=1S/C16H21N3O2/c20-15-8-13(9-17-15)16(21)18-14-6-7-19(11-14)10-12-4-2-1-3-5-12/h1-5,13-14H,6-11H2,(H,17,20)(H,18,21). The van der Waals surface area contributed by atoms with Crippen molar-refractivity contribution < 1.29 is 9.59 Å². The van der Waals surface area contributed by atoms with Crippen LogP contribution in [0.1, 0.15) is 18.4 Å². The number of nitrogens with one attached hydrogen (secondary N) is 2. The van der Waals surface area contributed by atoms with Crippen LogP contribution in [0.3, 0.4) is 0 Å². The molecule has 112 valence electrons. The summed E-state index contributed by atoms with van der Waals surface area (Å²) >= 11 is 0. The van der Waals surface area contributed by atoms with E-state index in [1.807, 2.05) is 6.07 Å². The summed E-state index contributed by atoms with van der Waals surface area (Å²) in [6.45, 7) is 3.29. The molecule has 1 aromatic rings. The Morgan fingerprint density at radius 1 is 1.33 bits per heavy atom. The van der Waals surface area contributed by atoms with E-state index in [0.29, 0.717) is 13.0 Å². The molecule has 2 saturated heterocycles. The number of likely N-dealkylation sites (tertiary alicyclic amines) is 1. The normalized spacial score (nSPS) is 25.8. The van der Waals surface area contributed by atoms with Gasteiger partial charge in [-0.25, -0.2) is 0 Å². The molecule has 2 heterocycles. The van der Waals surface area contributed by atoms with Crippen molar-refractivity contribution in [1.29, 1.82) is 0 Å². The topological polar surface area (TPSA) is 61.4 Å². The van der Waals surface area contributed by atoms with Gasteiger partial charge in [-0.15, -0.1) is 0 Å². The lowest BCUT2D eigenvalue weighted by Crippen LogP contribution is -2.41. The molecule has 0 bridgehead atoms. The van der Waals surface area contributed by atoms with Gasteiger partial charge in [-0.05, 0) is 12.0 Å². The zero-order valence-electron chi connectivity index (χ0n) is 12.0. The molecule has 5 nitrogen and oxygen atoms in total. The molecule has 0 radical (unpaired) electrons. The van der Waals surface area contributed by atoms with Crippen LogP contribution in [0.5, 0.6) is 0 Å². The van der Waals surface area contributed by atoms with Crippen LogP contribution in [-0.4, -0.2) is 42.4 Å². The van der Waals surface area contributed by atoms with E-state index in [0.717, 1.165) is 26.1 Å². The van der Waals surface area contributed by atoms with Crippen molar-refractivity contribution >= 4 is 11.8 Å². The van der Waals surface area contributed by atoms with Gasteiger partial charge in [-0.2, -0.15) is 0 Å². The van der Waals surface area contributed by atoms with Gasteiger partial charge in [0, 0.05) is 38.6 Å². The first-order valence-corrected chi connectivity index (χ1v) is 7.54. The van der Waals surface area contributed by atoms with Gasteiger partial charge in [0.25, 0.3) is 0 Å². The number of amides is 2. The lowest BCUT2D eigenvalue weighted by molar-refractivity contribution is -0.127. The lowest BCUT2D eigenvalue weighted by Gasteiger charge is -2.18. The number of rotatable bonds is 4. The first-order valence-electron chi connectivity index (χ1n) is 7.54. The molecule has 0 spiro atoms. The van der Waals surface area contributed by atoms with E-state index in [-0.39, 0.29) is 23.8 Å². The van der Waals surface area contributed by atoms with Crippen LogP contribution in [0.15, 0.2) is 30.3 Å². The zero-order valence-corrected chi connectivity index (χ0v) is 12.0. The minimum absolute atomic E-state index is 0.0138. The van der Waals surface area contributed by atoms with Crippen molar-refractivity contribution in [3.63, 3.8) is 0 Å². The molecule has 21 heavy (non-hydrogen) atoms. The molecule has 2 aliphatic rings. The second-order valence-electron chi connectivity index (χ2n) is 5.92. The predicted octanol–water partition coefficient (Wildman–Crippen LogP) is 0.513. The maximum atomic E-state index is 12.1. The Balaban J connectivity index is 1.46. The molecule has 1 aromatic carbocycles. The summed E-state index contributed by atoms with van der Waals surface area (Å²) in [5.74, 6) is -0.201. The summed E-state index contributed by atoms with van der Waals surface area (Å²) in [7, 11) is 0. The number of hydrogen-bond acceptors (Lipinski definition) is 3. The second-order valence-corrected chi connectivity index (χ2v) is 5.92. The number of hydrogen-bond donors (Lipinski definition) is 2. The van der Waals surface area contributed by atoms with E-state index in [1.165, 1.54) is 5.56 Å². The minimum atomic E-state index is -0.194. The molecule has 5 heteroatoms. The monoisotopic (exact) mass is 287 g/mol. The Labute approximate surface area is 124 Å². The fourth-order valence-electron chi connectivity index (χ4n) is 3.05. The third-order valence-electron chi connectivity index (χ3n) is 4.22. The highest BCUT2D eigenvalue weighted by molar-refractivity contribution is 5.89. The first kappa shape index (κ1) is 14.1. The molecular formula is C16H21N3O2. The quantitative estimate of drug-likeness (QED) is 0.848. The van der Waals surface area contributed by atoms with Gasteiger partial charge < -0.3 is 10.6 Å². The Bertz CT molecular complexity index is 518. The molecule has 2 fully saturated rings. The second kappa shape index (κ2) is 6.26. The fourth-order valence-corrected chi connectivity index (χ4v) is 3.05. The van der Waals surface area contributed by atoms with Crippen LogP contribution in [0.4, 0.5) is 0 Å². The maximum Gasteiger partial charge on any atom is 0.225 e. The highest BCUT2D eigenvalue weighted by Gasteiger charge is 2.31. The number of carbonyl (C=O) groups is 2. The van der Waals surface area contributed by atoms with Crippen molar-refractivity contribution in [3.8, 4) is 0 Å². The average Bonchev–Trinajstić information content (AvgIpc) is 3.09. The Kier molecular flexibility index (Phi) is 4.20. The zero-order chi connectivity index (χ0) is 14.7. The van der Waals surface area contributed by atoms with Gasteiger partial charge in [-0.1, -0.05) is 30.3 Å². The SMILES string of the molecule is O=C1CC(C(=O)NC2CCN(Cc3ccccc3)C2)CN1. The number of carbonyl (C=O) groups excluding carboxylic acids is 2. The largest absolute Gasteiger partial charge is 0.355 e. The summed E-state index contributed by atoms with van der Waals surface area (Å²) in [4.78, 5) is 25.6. The molecule has 0 aromatic heterocycles. The molecule has 3 rings (SSSR count). The number of benzene rings is 1. The summed E-state index contributed by atoms with van der Waals surface area (Å²) in [6.07, 6.45) is 1.30. The van der Waals surface area contributed by atoms with E-state index in [2.05, 4.69) is 39.8 Å². The van der Waals surface area contributed by atoms with Crippen LogP contribution in [-0.2, 0) is 16.1 Å². The van der Waals surface area contributed by atoms with E-state index in [1.54, 1.807) is 0 Å². The molecule has 0 aliphatic carbocycles. The fraction of sp³-hybridized carbons (Fsp3) is 0.500. The Morgan fingerprint density at radius 2 is 2.14 bits per heavy atom. The van der Waals surface area contributed by atoms with Gasteiger partial charge in [0.05, 0.1) is 5.92 Å². The van der Waals surface area contributed by atoms with E-state index in [9.17, 15) is 9.59 Å². The van der Waals surface area contributed by atoms with Crippen molar-refractivity contribution in [2.75, 3.05) is 19.6 Å². The van der Waals surface area contributed by atoms with Gasteiger partial charge in [0.1, 0.15) is 0 Å². The molecule has 0 saturated carbocycles. The van der Waals surface area contributed by atoms with Gasteiger partial charge in [0.15, 0.2) is 0 Å². The van der Waals surface area contributed by atoms with Gasteiger partial charge in [0.2, 0.25) is 11.8 Å². The van der Waals surface area contributed by atoms with Crippen LogP contribution >= 0.6 is 0 Å². The first-order chi connectivity index (χ1) is 10.2. The highest BCUT2D eigenvalue weighted by atomic mass is 16.2. The highest BCUT2D eigenvalue weighted by Crippen LogP contribution is 2.15. The summed E-state index contributed by atoms with van der Waals surface area (Å²) in [6, 6.07) is 10.6. The van der Waals surface area contributed by atoms with Crippen LogP contribution < -0.4 is 10.6 Å². The molecule has 2 N–H and O–H groups in total. The molecule has 2 unspecified atom stereocenters. The predicted molar refractivity (Wildman–Crippen MR) is 79.4 cm³/mol. The third-order valence-corrected chi connectivity index (χ3v) is 4.22. The van der Waals surface area contributed by atoms with Crippen LogP contribution in [0.2, 0.25) is 0 Å². The minimum Gasteiger partial charge on any atom is -0.355 e. The van der Waals surface area contributed by atoms with E-state index >= 15 is 0 Å².